The quantitative estimate of drug-likeness (QED) is 0.371. The molecule has 0 spiro atoms. The Bertz CT molecular complexity index is 223. The van der Waals surface area contributed by atoms with Crippen LogP contribution in [0, 0.1) is 13.8 Å². The summed E-state index contributed by atoms with van der Waals surface area (Å²) in [5.74, 6) is 0. The largest absolute Gasteiger partial charge is 1.00 e. The Morgan fingerprint density at radius 2 is 1.64 bits per heavy atom. The molecule has 0 aliphatic heterocycles. The van der Waals surface area contributed by atoms with Gasteiger partial charge in [-0.3, -0.25) is 0 Å². The minimum atomic E-state index is 0. The first-order valence-electron chi connectivity index (χ1n) is 3.03. The summed E-state index contributed by atoms with van der Waals surface area (Å²) in [6.07, 6.45) is 0. The smallest absolute Gasteiger partial charge is 1.00 e. The van der Waals surface area contributed by atoms with E-state index in [0.29, 0.717) is 0 Å². The Morgan fingerprint density at radius 1 is 1.09 bits per heavy atom. The Hall–Kier alpha value is 0.332. The predicted molar refractivity (Wildman–Crippen MR) is 41.3 cm³/mol. The van der Waals surface area contributed by atoms with Crippen molar-refractivity contribution in [2.45, 2.75) is 13.8 Å². The molecule has 0 heterocycles. The van der Waals surface area contributed by atoms with E-state index in [9.17, 15) is 0 Å². The van der Waals surface area contributed by atoms with Gasteiger partial charge < -0.3 is 24.8 Å². The van der Waals surface area contributed by atoms with Crippen molar-refractivity contribution in [2.75, 3.05) is 0 Å². The summed E-state index contributed by atoms with van der Waals surface area (Å²) < 4.78 is 1.29. The van der Waals surface area contributed by atoms with E-state index in [2.05, 4.69) is 48.3 Å². The van der Waals surface area contributed by atoms with Crippen LogP contribution < -0.4 is 29.2 Å². The molecule has 0 bridgehead atoms. The fourth-order valence-corrected chi connectivity index (χ4v) is 1.01. The van der Waals surface area contributed by atoms with Crippen molar-refractivity contribution in [3.8, 4) is 0 Å². The van der Waals surface area contributed by atoms with Crippen LogP contribution in [0.5, 0.6) is 0 Å². The third-order valence-electron chi connectivity index (χ3n) is 1.43. The molecule has 0 amide bonds. The second kappa shape index (κ2) is 5.92. The molecule has 0 N–H and O–H groups in total. The molecule has 0 radical (unpaired) electrons. The molecule has 1 aromatic carbocycles. The van der Waals surface area contributed by atoms with Crippen molar-refractivity contribution in [1.29, 1.82) is 0 Å². The molecule has 1 rings (SSSR count). The van der Waals surface area contributed by atoms with Crippen LogP contribution in [0.2, 0.25) is 0 Å². The van der Waals surface area contributed by atoms with Gasteiger partial charge in [-0.15, -0.1) is 0 Å². The van der Waals surface area contributed by atoms with Gasteiger partial charge in [-0.25, -0.2) is 0 Å². The van der Waals surface area contributed by atoms with E-state index in [1.165, 1.54) is 15.6 Å². The molecule has 58 valence electrons. The molecular weight excluding hydrogens is 194 g/mol. The van der Waals surface area contributed by atoms with Crippen LogP contribution in [-0.4, -0.2) is 16.3 Å². The topological polar surface area (TPSA) is 0 Å². The fourth-order valence-electron chi connectivity index (χ4n) is 0.826. The SMILES string of the molecule is Cc1cc[c]([Al+2])c(C)c1.[Cl-].[Cl-]. The van der Waals surface area contributed by atoms with Gasteiger partial charge in [-0.05, 0) is 0 Å². The van der Waals surface area contributed by atoms with E-state index < -0.39 is 0 Å². The molecule has 0 fully saturated rings. The van der Waals surface area contributed by atoms with Gasteiger partial charge in [0.25, 0.3) is 0 Å². The molecule has 0 aliphatic carbocycles. The second-order valence-corrected chi connectivity index (χ2v) is 2.98. The van der Waals surface area contributed by atoms with E-state index in [0.717, 1.165) is 0 Å². The number of halogens is 2. The van der Waals surface area contributed by atoms with Gasteiger partial charge in [0.05, 0.1) is 0 Å². The Kier molecular flexibility index (Phi) is 7.47. The third kappa shape index (κ3) is 4.04. The first-order valence-corrected chi connectivity index (χ1v) is 3.60. The maximum atomic E-state index is 2.71. The average Bonchev–Trinajstić information content (AvgIpc) is 1.80. The van der Waals surface area contributed by atoms with E-state index in [-0.39, 0.29) is 24.8 Å². The normalized spacial score (nSPS) is 8.00. The van der Waals surface area contributed by atoms with Crippen molar-refractivity contribution in [1.82, 2.24) is 0 Å². The molecular formula is C8H9AlCl2. The number of hydrogen-bond acceptors (Lipinski definition) is 0. The Labute approximate surface area is 88.6 Å². The summed E-state index contributed by atoms with van der Waals surface area (Å²) in [4.78, 5) is 0. The van der Waals surface area contributed by atoms with Gasteiger partial charge in [0.2, 0.25) is 0 Å². The summed E-state index contributed by atoms with van der Waals surface area (Å²) in [5.41, 5.74) is 2.68. The average molecular weight is 203 g/mol. The van der Waals surface area contributed by atoms with Crippen LogP contribution in [-0.2, 0) is 0 Å². The minimum absolute atomic E-state index is 0. The third-order valence-corrected chi connectivity index (χ3v) is 2.07. The van der Waals surface area contributed by atoms with Crippen molar-refractivity contribution in [3.63, 3.8) is 0 Å². The van der Waals surface area contributed by atoms with Crippen LogP contribution in [0.1, 0.15) is 11.1 Å². The van der Waals surface area contributed by atoms with Gasteiger partial charge in [0.15, 0.2) is 0 Å². The minimum Gasteiger partial charge on any atom is -1.00 e. The maximum Gasteiger partial charge on any atom is -1.00 e. The molecule has 0 aromatic heterocycles. The van der Waals surface area contributed by atoms with E-state index in [1.807, 2.05) is 0 Å². The monoisotopic (exact) mass is 202 g/mol. The summed E-state index contributed by atoms with van der Waals surface area (Å²) in [6, 6.07) is 6.42. The van der Waals surface area contributed by atoms with Crippen LogP contribution >= 0.6 is 0 Å². The summed E-state index contributed by atoms with van der Waals surface area (Å²) in [6.45, 7) is 4.23. The molecule has 3 heteroatoms. The summed E-state index contributed by atoms with van der Waals surface area (Å²) in [7, 11) is 0. The second-order valence-electron chi connectivity index (χ2n) is 2.36. The Balaban J connectivity index is 0. The summed E-state index contributed by atoms with van der Waals surface area (Å²) in [5, 5.41) is 0. The number of rotatable bonds is 0. The maximum absolute atomic E-state index is 2.71. The first-order chi connectivity index (χ1) is 4.20. The predicted octanol–water partition coefficient (Wildman–Crippen LogP) is -4.89. The zero-order valence-electron chi connectivity index (χ0n) is 6.57. The number of aryl methyl sites for hydroxylation is 2. The molecule has 0 saturated heterocycles. The zero-order chi connectivity index (χ0) is 6.85. The summed E-state index contributed by atoms with van der Waals surface area (Å²) >= 11 is 2.71. The fraction of sp³-hybridized carbons (Fsp3) is 0.250. The van der Waals surface area contributed by atoms with Crippen LogP contribution in [0.3, 0.4) is 0 Å². The number of benzene rings is 1. The van der Waals surface area contributed by atoms with Crippen molar-refractivity contribution >= 4 is 20.7 Å². The van der Waals surface area contributed by atoms with Gasteiger partial charge >= 0.3 is 63.9 Å². The van der Waals surface area contributed by atoms with Gasteiger partial charge in [-0.2, -0.15) is 0 Å². The molecule has 1 aromatic rings. The van der Waals surface area contributed by atoms with E-state index in [1.54, 1.807) is 0 Å². The molecule has 0 nitrogen and oxygen atoms in total. The van der Waals surface area contributed by atoms with Gasteiger partial charge in [0.1, 0.15) is 0 Å². The zero-order valence-corrected chi connectivity index (χ0v) is 9.23. The molecule has 11 heavy (non-hydrogen) atoms. The van der Waals surface area contributed by atoms with Gasteiger partial charge in [0, 0.05) is 0 Å². The van der Waals surface area contributed by atoms with Crippen molar-refractivity contribution in [3.05, 3.63) is 29.3 Å². The molecule has 0 aliphatic rings. The van der Waals surface area contributed by atoms with E-state index in [4.69, 9.17) is 0 Å². The molecule has 0 atom stereocenters. The molecule has 0 unspecified atom stereocenters. The first kappa shape index (κ1) is 13.9. The van der Waals surface area contributed by atoms with Crippen LogP contribution in [0.15, 0.2) is 18.2 Å². The van der Waals surface area contributed by atoms with Crippen molar-refractivity contribution in [2.24, 2.45) is 0 Å². The van der Waals surface area contributed by atoms with E-state index >= 15 is 0 Å². The van der Waals surface area contributed by atoms with Gasteiger partial charge in [-0.1, -0.05) is 0 Å². The van der Waals surface area contributed by atoms with Crippen molar-refractivity contribution < 1.29 is 24.8 Å². The standard InChI is InChI=1S/C8H9.Al.2ClH/c1-7-4-3-5-8(2)6-7;;;/h3-4,6H,1-2H3;;2*1H/q;+2;;/p-2. The van der Waals surface area contributed by atoms with Crippen LogP contribution in [0.25, 0.3) is 0 Å². The Morgan fingerprint density at radius 3 is 2.00 bits per heavy atom. The molecule has 0 saturated carbocycles. The number of hydrogen-bond donors (Lipinski definition) is 0. The van der Waals surface area contributed by atoms with Crippen LogP contribution in [0.4, 0.5) is 0 Å².